The molecule has 1 heterocycles. The molecule has 0 aliphatic carbocycles. The fraction of sp³-hybridized carbons (Fsp3) is 0.481. The normalized spacial score (nSPS) is 13.7. The van der Waals surface area contributed by atoms with Crippen LogP contribution in [0, 0.1) is 5.82 Å². The minimum Gasteiger partial charge on any atom is -0.481 e. The van der Waals surface area contributed by atoms with Gasteiger partial charge in [0.1, 0.15) is 5.82 Å². The van der Waals surface area contributed by atoms with E-state index in [1.807, 2.05) is 20.8 Å². The minimum absolute atomic E-state index is 0.0623. The first-order valence-electron chi connectivity index (χ1n) is 11.7. The highest BCUT2D eigenvalue weighted by molar-refractivity contribution is 5.80. The molecular formula is C27H36FNO5. The van der Waals surface area contributed by atoms with Gasteiger partial charge >= 0.3 is 5.97 Å². The summed E-state index contributed by atoms with van der Waals surface area (Å²) in [5, 5.41) is 29.2. The van der Waals surface area contributed by atoms with Crippen LogP contribution in [0.25, 0.3) is 17.2 Å². The van der Waals surface area contributed by atoms with Gasteiger partial charge in [-0.25, -0.2) is 4.39 Å². The van der Waals surface area contributed by atoms with Gasteiger partial charge in [0.25, 0.3) is 0 Å². The third kappa shape index (κ3) is 7.45. The number of aromatic nitrogens is 1. The molecule has 2 aromatic rings. The Morgan fingerprint density at radius 1 is 1.09 bits per heavy atom. The number of aliphatic hydroxyl groups is 2. The quantitative estimate of drug-likeness (QED) is 0.388. The number of rotatable bonds is 12. The summed E-state index contributed by atoms with van der Waals surface area (Å²) in [7, 11) is 0. The number of hydrogen-bond acceptors (Lipinski definition) is 5. The van der Waals surface area contributed by atoms with Crippen LogP contribution in [0.2, 0.25) is 0 Å². The van der Waals surface area contributed by atoms with Crippen LogP contribution in [0.5, 0.6) is 0 Å². The molecule has 2 atom stereocenters. The lowest BCUT2D eigenvalue weighted by atomic mass is 9.87. The molecule has 0 amide bonds. The first kappa shape index (κ1) is 27.6. The highest BCUT2D eigenvalue weighted by Gasteiger charge is 2.23. The molecule has 186 valence electrons. The van der Waals surface area contributed by atoms with Gasteiger partial charge in [0, 0.05) is 29.8 Å². The second-order valence-electron chi connectivity index (χ2n) is 9.02. The number of ether oxygens (including phenoxy) is 1. The van der Waals surface area contributed by atoms with E-state index in [1.165, 1.54) is 12.1 Å². The van der Waals surface area contributed by atoms with Crippen molar-refractivity contribution in [3.63, 3.8) is 0 Å². The maximum atomic E-state index is 13.7. The molecule has 34 heavy (non-hydrogen) atoms. The number of carboxylic acids is 1. The Kier molecular flexibility index (Phi) is 10.4. The van der Waals surface area contributed by atoms with Gasteiger partial charge in [-0.15, -0.1) is 0 Å². The van der Waals surface area contributed by atoms with Gasteiger partial charge in [0.2, 0.25) is 0 Å². The number of aliphatic carboxylic acids is 1. The van der Waals surface area contributed by atoms with Crippen molar-refractivity contribution in [2.45, 2.75) is 78.1 Å². The average Bonchev–Trinajstić information content (AvgIpc) is 2.75. The Labute approximate surface area is 201 Å². The van der Waals surface area contributed by atoms with E-state index in [1.54, 1.807) is 24.3 Å². The largest absolute Gasteiger partial charge is 0.481 e. The lowest BCUT2D eigenvalue weighted by Gasteiger charge is -2.24. The molecule has 2 rings (SSSR count). The molecule has 0 spiro atoms. The van der Waals surface area contributed by atoms with Crippen LogP contribution in [0.3, 0.4) is 0 Å². The summed E-state index contributed by atoms with van der Waals surface area (Å²) >= 11 is 0. The molecular weight excluding hydrogens is 437 g/mol. The van der Waals surface area contributed by atoms with Crippen molar-refractivity contribution in [1.82, 2.24) is 4.98 Å². The zero-order chi connectivity index (χ0) is 25.4. The van der Waals surface area contributed by atoms with E-state index < -0.39 is 24.6 Å². The fourth-order valence-corrected chi connectivity index (χ4v) is 3.91. The summed E-state index contributed by atoms with van der Waals surface area (Å²) in [4.78, 5) is 15.8. The molecule has 0 radical (unpaired) electrons. The number of halogens is 1. The molecule has 0 saturated carbocycles. The van der Waals surface area contributed by atoms with Crippen molar-refractivity contribution in [3.05, 3.63) is 58.7 Å². The summed E-state index contributed by atoms with van der Waals surface area (Å²) in [5.41, 5.74) is 5.11. The monoisotopic (exact) mass is 473 g/mol. The number of hydrogen-bond donors (Lipinski definition) is 3. The third-order valence-electron chi connectivity index (χ3n) is 5.48. The lowest BCUT2D eigenvalue weighted by Crippen LogP contribution is -2.19. The Balaban J connectivity index is 2.70. The first-order chi connectivity index (χ1) is 16.0. The SMILES string of the molecule is CCOCc1c(C(C)C)nc(C(C)C)c(C=CC(O)CC(O)CC(=O)O)c1-c1ccc(F)cc1. The van der Waals surface area contributed by atoms with Crippen molar-refractivity contribution in [1.29, 1.82) is 0 Å². The maximum Gasteiger partial charge on any atom is 0.305 e. The van der Waals surface area contributed by atoms with Crippen LogP contribution < -0.4 is 0 Å². The number of pyridine rings is 1. The molecule has 0 fully saturated rings. The Bertz CT molecular complexity index is 986. The predicted molar refractivity (Wildman–Crippen MR) is 131 cm³/mol. The molecule has 3 N–H and O–H groups in total. The molecule has 0 bridgehead atoms. The molecule has 0 aliphatic heterocycles. The number of carboxylic acid groups (broad SMARTS) is 1. The summed E-state index contributed by atoms with van der Waals surface area (Å²) in [6, 6.07) is 6.27. The third-order valence-corrected chi connectivity index (χ3v) is 5.48. The zero-order valence-corrected chi connectivity index (χ0v) is 20.6. The molecule has 0 aliphatic rings. The highest BCUT2D eigenvalue weighted by Crippen LogP contribution is 2.38. The molecule has 6 nitrogen and oxygen atoms in total. The smallest absolute Gasteiger partial charge is 0.305 e. The summed E-state index contributed by atoms with van der Waals surface area (Å²) < 4.78 is 19.5. The molecule has 0 saturated heterocycles. The van der Waals surface area contributed by atoms with E-state index in [9.17, 15) is 19.4 Å². The average molecular weight is 474 g/mol. The van der Waals surface area contributed by atoms with Crippen molar-refractivity contribution in [2.24, 2.45) is 0 Å². The van der Waals surface area contributed by atoms with Gasteiger partial charge in [-0.05, 0) is 42.0 Å². The number of carbonyl (C=O) groups is 1. The first-order valence-corrected chi connectivity index (χ1v) is 11.7. The van der Waals surface area contributed by atoms with E-state index in [0.717, 1.165) is 33.6 Å². The lowest BCUT2D eigenvalue weighted by molar-refractivity contribution is -0.139. The second-order valence-corrected chi connectivity index (χ2v) is 9.02. The van der Waals surface area contributed by atoms with E-state index >= 15 is 0 Å². The topological polar surface area (TPSA) is 99.9 Å². The van der Waals surface area contributed by atoms with Gasteiger partial charge in [-0.1, -0.05) is 52.0 Å². The number of benzene rings is 1. The van der Waals surface area contributed by atoms with Gasteiger partial charge in [0.15, 0.2) is 0 Å². The van der Waals surface area contributed by atoms with Crippen LogP contribution in [0.1, 0.15) is 81.8 Å². The fourth-order valence-electron chi connectivity index (χ4n) is 3.91. The van der Waals surface area contributed by atoms with Gasteiger partial charge < -0.3 is 20.1 Å². The van der Waals surface area contributed by atoms with E-state index in [2.05, 4.69) is 13.8 Å². The second kappa shape index (κ2) is 12.7. The van der Waals surface area contributed by atoms with Gasteiger partial charge in [-0.2, -0.15) is 0 Å². The van der Waals surface area contributed by atoms with Crippen molar-refractivity contribution in [2.75, 3.05) is 6.61 Å². The summed E-state index contributed by atoms with van der Waals surface area (Å²) in [6.45, 7) is 11.0. The maximum absolute atomic E-state index is 13.7. The van der Waals surface area contributed by atoms with Crippen molar-refractivity contribution < 1.29 is 29.2 Å². The van der Waals surface area contributed by atoms with Crippen LogP contribution in [-0.2, 0) is 16.1 Å². The van der Waals surface area contributed by atoms with E-state index in [-0.39, 0.29) is 24.1 Å². The van der Waals surface area contributed by atoms with Crippen LogP contribution >= 0.6 is 0 Å². The van der Waals surface area contributed by atoms with Gasteiger partial charge in [-0.3, -0.25) is 9.78 Å². The van der Waals surface area contributed by atoms with Crippen LogP contribution in [0.4, 0.5) is 4.39 Å². The Hall–Kier alpha value is -2.61. The molecule has 1 aromatic heterocycles. The Morgan fingerprint density at radius 3 is 2.24 bits per heavy atom. The van der Waals surface area contributed by atoms with Crippen molar-refractivity contribution in [3.8, 4) is 11.1 Å². The van der Waals surface area contributed by atoms with Crippen molar-refractivity contribution >= 4 is 12.0 Å². The highest BCUT2D eigenvalue weighted by atomic mass is 19.1. The van der Waals surface area contributed by atoms with Crippen LogP contribution in [-0.4, -0.2) is 45.1 Å². The van der Waals surface area contributed by atoms with Crippen LogP contribution in [0.15, 0.2) is 30.3 Å². The summed E-state index contributed by atoms with van der Waals surface area (Å²) in [5.74, 6) is -1.27. The molecule has 7 heteroatoms. The predicted octanol–water partition coefficient (Wildman–Crippen LogP) is 5.27. The zero-order valence-electron chi connectivity index (χ0n) is 20.6. The van der Waals surface area contributed by atoms with E-state index in [0.29, 0.717) is 13.2 Å². The summed E-state index contributed by atoms with van der Waals surface area (Å²) in [6.07, 6.45) is 0.559. The Morgan fingerprint density at radius 2 is 1.71 bits per heavy atom. The van der Waals surface area contributed by atoms with E-state index in [4.69, 9.17) is 14.8 Å². The number of nitrogens with zero attached hydrogens (tertiary/aromatic N) is 1. The van der Waals surface area contributed by atoms with Gasteiger partial charge in [0.05, 0.1) is 30.9 Å². The molecule has 2 unspecified atom stereocenters. The minimum atomic E-state index is -1.16. The molecule has 1 aromatic carbocycles. The standard InChI is InChI=1S/C27H36FNO5/c1-6-34-15-23-25(18-7-9-19(28)10-8-18)22(26(16(2)3)29-27(23)17(4)5)12-11-20(30)13-21(31)14-24(32)33/h7-12,16-17,20-21,30-31H,6,13-15H2,1-5H3,(H,32,33). The number of aliphatic hydroxyl groups excluding tert-OH is 2.